The molecule has 1 aliphatic heterocycles. The molecule has 0 saturated heterocycles. The van der Waals surface area contributed by atoms with Crippen molar-refractivity contribution in [2.75, 3.05) is 13.6 Å². The highest BCUT2D eigenvalue weighted by atomic mass is 15.1. The second-order valence-corrected chi connectivity index (χ2v) is 3.58. The molecule has 1 aromatic carbocycles. The van der Waals surface area contributed by atoms with Crippen molar-refractivity contribution in [3.8, 4) is 6.07 Å². The van der Waals surface area contributed by atoms with E-state index in [4.69, 9.17) is 5.26 Å². The van der Waals surface area contributed by atoms with Gasteiger partial charge in [-0.3, -0.25) is 0 Å². The smallest absolute Gasteiger partial charge is 0.0991 e. The summed E-state index contributed by atoms with van der Waals surface area (Å²) in [4.78, 5) is 2.28. The van der Waals surface area contributed by atoms with Crippen LogP contribution in [-0.2, 0) is 13.0 Å². The van der Waals surface area contributed by atoms with Gasteiger partial charge in [-0.05, 0) is 36.7 Å². The van der Waals surface area contributed by atoms with Gasteiger partial charge in [-0.15, -0.1) is 0 Å². The summed E-state index contributed by atoms with van der Waals surface area (Å²) < 4.78 is 0. The van der Waals surface area contributed by atoms with E-state index in [0.717, 1.165) is 25.1 Å². The highest BCUT2D eigenvalue weighted by Crippen LogP contribution is 2.18. The summed E-state index contributed by atoms with van der Waals surface area (Å²) in [7, 11) is 2.11. The molecule has 2 nitrogen and oxygen atoms in total. The molecule has 0 atom stereocenters. The molecule has 1 heterocycles. The van der Waals surface area contributed by atoms with Crippen molar-refractivity contribution >= 4 is 0 Å². The maximum absolute atomic E-state index is 8.74. The minimum absolute atomic E-state index is 0.772. The first-order valence-electron chi connectivity index (χ1n) is 4.50. The van der Waals surface area contributed by atoms with E-state index in [-0.39, 0.29) is 0 Å². The van der Waals surface area contributed by atoms with E-state index in [1.54, 1.807) is 0 Å². The average Bonchev–Trinajstić information content (AvgIpc) is 2.16. The van der Waals surface area contributed by atoms with Gasteiger partial charge in [0.2, 0.25) is 0 Å². The summed E-state index contributed by atoms with van der Waals surface area (Å²) in [6.07, 6.45) is 1.11. The second kappa shape index (κ2) is 3.20. The number of nitrogens with zero attached hydrogens (tertiary/aromatic N) is 2. The largest absolute Gasteiger partial charge is 0.302 e. The number of nitriles is 1. The minimum Gasteiger partial charge on any atom is -0.302 e. The van der Waals surface area contributed by atoms with Crippen LogP contribution >= 0.6 is 0 Å². The Bertz CT molecular complexity index is 363. The fraction of sp³-hybridized carbons (Fsp3) is 0.364. The molecule has 0 bridgehead atoms. The van der Waals surface area contributed by atoms with Crippen LogP contribution in [-0.4, -0.2) is 18.5 Å². The number of rotatable bonds is 0. The molecule has 13 heavy (non-hydrogen) atoms. The molecule has 0 unspecified atom stereocenters. The molecule has 0 saturated carbocycles. The van der Waals surface area contributed by atoms with E-state index in [1.807, 2.05) is 12.1 Å². The topological polar surface area (TPSA) is 27.0 Å². The summed E-state index contributed by atoms with van der Waals surface area (Å²) in [5.41, 5.74) is 3.49. The number of hydrogen-bond donors (Lipinski definition) is 0. The predicted molar refractivity (Wildman–Crippen MR) is 51.2 cm³/mol. The Morgan fingerprint density at radius 1 is 1.38 bits per heavy atom. The first-order valence-corrected chi connectivity index (χ1v) is 4.50. The van der Waals surface area contributed by atoms with Gasteiger partial charge < -0.3 is 4.90 Å². The van der Waals surface area contributed by atoms with Gasteiger partial charge in [0.25, 0.3) is 0 Å². The van der Waals surface area contributed by atoms with Gasteiger partial charge in [-0.1, -0.05) is 6.07 Å². The van der Waals surface area contributed by atoms with Gasteiger partial charge in [0.15, 0.2) is 0 Å². The van der Waals surface area contributed by atoms with E-state index in [1.165, 1.54) is 11.1 Å². The highest BCUT2D eigenvalue weighted by Gasteiger charge is 2.12. The Labute approximate surface area is 78.4 Å². The first kappa shape index (κ1) is 8.28. The quantitative estimate of drug-likeness (QED) is 0.593. The van der Waals surface area contributed by atoms with Crippen LogP contribution in [0.2, 0.25) is 0 Å². The van der Waals surface area contributed by atoms with Crippen molar-refractivity contribution < 1.29 is 0 Å². The SMILES string of the molecule is CN1CCc2ccc(C#N)cc2C1. The maximum atomic E-state index is 8.74. The van der Waals surface area contributed by atoms with Crippen LogP contribution in [0.1, 0.15) is 16.7 Å². The zero-order valence-corrected chi connectivity index (χ0v) is 7.75. The molecule has 66 valence electrons. The summed E-state index contributed by atoms with van der Waals surface area (Å²) in [6, 6.07) is 8.17. The Kier molecular flexibility index (Phi) is 2.03. The van der Waals surface area contributed by atoms with Gasteiger partial charge >= 0.3 is 0 Å². The fourth-order valence-corrected chi connectivity index (χ4v) is 1.77. The molecule has 2 heteroatoms. The molecule has 0 amide bonds. The van der Waals surface area contributed by atoms with Crippen LogP contribution in [0.3, 0.4) is 0 Å². The van der Waals surface area contributed by atoms with Gasteiger partial charge in [0, 0.05) is 13.1 Å². The number of hydrogen-bond acceptors (Lipinski definition) is 2. The lowest BCUT2D eigenvalue weighted by Crippen LogP contribution is -2.26. The summed E-state index contributed by atoms with van der Waals surface area (Å²) >= 11 is 0. The summed E-state index contributed by atoms with van der Waals surface area (Å²) in [6.45, 7) is 2.10. The lowest BCUT2D eigenvalue weighted by atomic mass is 9.98. The normalized spacial score (nSPS) is 16.3. The molecular formula is C11H12N2. The van der Waals surface area contributed by atoms with E-state index in [9.17, 15) is 0 Å². The first-order chi connectivity index (χ1) is 6.29. The van der Waals surface area contributed by atoms with Gasteiger partial charge in [-0.25, -0.2) is 0 Å². The van der Waals surface area contributed by atoms with Gasteiger partial charge in [0.1, 0.15) is 0 Å². The lowest BCUT2D eigenvalue weighted by Gasteiger charge is -2.24. The molecule has 0 spiro atoms. The van der Waals surface area contributed by atoms with Gasteiger partial charge in [-0.2, -0.15) is 5.26 Å². The van der Waals surface area contributed by atoms with E-state index in [0.29, 0.717) is 0 Å². The number of likely N-dealkylation sites (N-methyl/N-ethyl adjacent to an activating group) is 1. The number of benzene rings is 1. The third kappa shape index (κ3) is 1.56. The average molecular weight is 172 g/mol. The van der Waals surface area contributed by atoms with Crippen molar-refractivity contribution in [1.29, 1.82) is 5.26 Å². The van der Waals surface area contributed by atoms with Crippen LogP contribution in [0.25, 0.3) is 0 Å². The van der Waals surface area contributed by atoms with Gasteiger partial charge in [0.05, 0.1) is 11.6 Å². The van der Waals surface area contributed by atoms with Crippen molar-refractivity contribution in [3.63, 3.8) is 0 Å². The fourth-order valence-electron chi connectivity index (χ4n) is 1.77. The molecule has 0 aliphatic carbocycles. The second-order valence-electron chi connectivity index (χ2n) is 3.58. The van der Waals surface area contributed by atoms with Crippen LogP contribution < -0.4 is 0 Å². The highest BCUT2D eigenvalue weighted by molar-refractivity contribution is 5.39. The third-order valence-corrected chi connectivity index (χ3v) is 2.54. The van der Waals surface area contributed by atoms with Crippen molar-refractivity contribution in [3.05, 3.63) is 34.9 Å². The third-order valence-electron chi connectivity index (χ3n) is 2.54. The molecule has 0 N–H and O–H groups in total. The minimum atomic E-state index is 0.772. The zero-order valence-electron chi connectivity index (χ0n) is 7.75. The molecule has 0 aromatic heterocycles. The Morgan fingerprint density at radius 2 is 2.23 bits per heavy atom. The Hall–Kier alpha value is -1.33. The standard InChI is InChI=1S/C11H12N2/c1-13-5-4-10-3-2-9(7-12)6-11(10)8-13/h2-3,6H,4-5,8H2,1H3. The van der Waals surface area contributed by atoms with Crippen LogP contribution in [0.4, 0.5) is 0 Å². The summed E-state index contributed by atoms with van der Waals surface area (Å²) in [5.74, 6) is 0. The number of fused-ring (bicyclic) bond motifs is 1. The summed E-state index contributed by atoms with van der Waals surface area (Å²) in [5, 5.41) is 8.74. The van der Waals surface area contributed by atoms with Crippen molar-refractivity contribution in [2.45, 2.75) is 13.0 Å². The van der Waals surface area contributed by atoms with E-state index >= 15 is 0 Å². The molecule has 2 rings (SSSR count). The molecule has 1 aromatic rings. The Balaban J connectivity index is 2.39. The lowest BCUT2D eigenvalue weighted by molar-refractivity contribution is 0.313. The zero-order chi connectivity index (χ0) is 9.26. The molecule has 0 radical (unpaired) electrons. The maximum Gasteiger partial charge on any atom is 0.0991 e. The van der Waals surface area contributed by atoms with E-state index < -0.39 is 0 Å². The van der Waals surface area contributed by atoms with Crippen LogP contribution in [0.5, 0.6) is 0 Å². The predicted octanol–water partition coefficient (Wildman–Crippen LogP) is 1.55. The van der Waals surface area contributed by atoms with Crippen molar-refractivity contribution in [1.82, 2.24) is 4.90 Å². The monoisotopic (exact) mass is 172 g/mol. The molecular weight excluding hydrogens is 160 g/mol. The van der Waals surface area contributed by atoms with E-state index in [2.05, 4.69) is 24.1 Å². The molecule has 0 fully saturated rings. The Morgan fingerprint density at radius 3 is 3.00 bits per heavy atom. The molecule has 1 aliphatic rings. The van der Waals surface area contributed by atoms with Crippen molar-refractivity contribution in [2.24, 2.45) is 0 Å². The van der Waals surface area contributed by atoms with Crippen LogP contribution in [0, 0.1) is 11.3 Å². The van der Waals surface area contributed by atoms with Crippen LogP contribution in [0.15, 0.2) is 18.2 Å².